The van der Waals surface area contributed by atoms with E-state index in [1.54, 1.807) is 0 Å². The van der Waals surface area contributed by atoms with Crippen molar-refractivity contribution in [1.82, 2.24) is 0 Å². The van der Waals surface area contributed by atoms with Gasteiger partial charge in [0, 0.05) is 0 Å². The molecule has 0 spiro atoms. The van der Waals surface area contributed by atoms with Gasteiger partial charge in [-0.25, -0.2) is 0 Å². The van der Waals surface area contributed by atoms with Gasteiger partial charge in [-0.3, -0.25) is 0 Å². The second-order valence-corrected chi connectivity index (χ2v) is 0. The van der Waals surface area contributed by atoms with Gasteiger partial charge in [-0.1, -0.05) is 0 Å². The largest absolute Gasteiger partial charge is 2.00 e. The number of hydrogen-bond acceptors (Lipinski definition) is 0. The van der Waals surface area contributed by atoms with Crippen molar-refractivity contribution in [3.05, 3.63) is 0 Å². The van der Waals surface area contributed by atoms with Crippen LogP contribution in [0.5, 0.6) is 0 Å². The molecule has 0 saturated heterocycles. The molecule has 0 aliphatic rings. The van der Waals surface area contributed by atoms with Crippen LogP contribution in [-0.4, -0.2) is 43.2 Å². The molecule has 0 aromatic rings. The fourth-order valence-electron chi connectivity index (χ4n) is 0. The number of hydrogen-bond donors (Lipinski definition) is 0. The third kappa shape index (κ3) is 8.97. The summed E-state index contributed by atoms with van der Waals surface area (Å²) in [6.07, 6.45) is 0. The summed E-state index contributed by atoms with van der Waals surface area (Å²) < 4.78 is 0. The zero-order valence-corrected chi connectivity index (χ0v) is 9.42. The van der Waals surface area contributed by atoms with Crippen LogP contribution in [0.25, 0.3) is 0 Å². The predicted molar refractivity (Wildman–Crippen MR) is 13.8 cm³/mol. The quantitative estimate of drug-likeness (QED) is 0.276. The SMILES string of the molecule is O.[Ca+2].[H-].[H-].[H-].[H-].[Na+].[Na+]. The van der Waals surface area contributed by atoms with Gasteiger partial charge in [-0.2, -0.15) is 0 Å². The summed E-state index contributed by atoms with van der Waals surface area (Å²) in [6, 6.07) is 0. The Kier molecular flexibility index (Phi) is 110. The third-order valence-electron chi connectivity index (χ3n) is 0. The van der Waals surface area contributed by atoms with Crippen LogP contribution < -0.4 is 59.1 Å². The molecule has 0 bridgehead atoms. The second-order valence-electron chi connectivity index (χ2n) is 0. The zero-order valence-electron chi connectivity index (χ0n) is 7.21. The second kappa shape index (κ2) is 16.3. The molecule has 0 radical (unpaired) electrons. The monoisotopic (exact) mass is 108 g/mol. The van der Waals surface area contributed by atoms with Gasteiger partial charge in [0.1, 0.15) is 0 Å². The molecule has 0 amide bonds. The van der Waals surface area contributed by atoms with Gasteiger partial charge >= 0.3 is 96.9 Å². The van der Waals surface area contributed by atoms with Crippen molar-refractivity contribution in [1.29, 1.82) is 0 Å². The van der Waals surface area contributed by atoms with Crippen LogP contribution in [0, 0.1) is 0 Å². The van der Waals surface area contributed by atoms with E-state index in [4.69, 9.17) is 0 Å². The zero-order chi connectivity index (χ0) is 0. The third-order valence-corrected chi connectivity index (χ3v) is 0. The summed E-state index contributed by atoms with van der Waals surface area (Å²) in [4.78, 5) is 0. The Morgan fingerprint density at radius 2 is 1.00 bits per heavy atom. The summed E-state index contributed by atoms with van der Waals surface area (Å²) in [6.45, 7) is 0. The molecule has 16 valence electrons. The summed E-state index contributed by atoms with van der Waals surface area (Å²) in [7, 11) is 0. The van der Waals surface area contributed by atoms with E-state index in [-0.39, 0.29) is 108 Å². The minimum atomic E-state index is 0. The van der Waals surface area contributed by atoms with Gasteiger partial charge in [0.15, 0.2) is 0 Å². The standard InChI is InChI=1S/Ca.2Na.H2O.4H/h;;;1H2;;;;/q+2;2*+1;;4*-1. The van der Waals surface area contributed by atoms with Crippen LogP contribution in [0.1, 0.15) is 5.71 Å². The summed E-state index contributed by atoms with van der Waals surface area (Å²) >= 11 is 0. The molecule has 0 unspecified atom stereocenters. The van der Waals surface area contributed by atoms with Crippen LogP contribution in [0.3, 0.4) is 0 Å². The average Bonchev–Trinajstić information content (AvgIpc) is 0. The van der Waals surface area contributed by atoms with Gasteiger partial charge in [0.25, 0.3) is 0 Å². The fraction of sp³-hybridized carbons (Fsp3) is 0. The topological polar surface area (TPSA) is 31.5 Å². The van der Waals surface area contributed by atoms with Crippen molar-refractivity contribution >= 4 is 37.7 Å². The van der Waals surface area contributed by atoms with Crippen LogP contribution in [0.2, 0.25) is 0 Å². The Hall–Kier alpha value is 3.22. The molecular weight excluding hydrogens is 102 g/mol. The molecule has 0 aromatic carbocycles. The molecule has 4 heavy (non-hydrogen) atoms. The summed E-state index contributed by atoms with van der Waals surface area (Å²) in [5.41, 5.74) is 0. The maximum Gasteiger partial charge on any atom is 2.00 e. The van der Waals surface area contributed by atoms with E-state index in [9.17, 15) is 0 Å². The maximum atomic E-state index is 0. The van der Waals surface area contributed by atoms with Gasteiger partial charge in [-0.15, -0.1) is 0 Å². The summed E-state index contributed by atoms with van der Waals surface area (Å²) in [5.74, 6) is 0. The molecule has 0 aliphatic heterocycles. The van der Waals surface area contributed by atoms with E-state index < -0.39 is 0 Å². The van der Waals surface area contributed by atoms with Gasteiger partial charge in [0.05, 0.1) is 0 Å². The fourth-order valence-corrected chi connectivity index (χ4v) is 0. The molecular formula is H6CaNa2O. The molecule has 0 heterocycles. The molecule has 4 heteroatoms. The molecule has 0 rings (SSSR count). The van der Waals surface area contributed by atoms with Gasteiger partial charge < -0.3 is 11.2 Å². The van der Waals surface area contributed by atoms with E-state index >= 15 is 0 Å². The maximum absolute atomic E-state index is 0. The Balaban J connectivity index is 0. The normalized spacial score (nSPS) is 0. The van der Waals surface area contributed by atoms with E-state index in [0.29, 0.717) is 0 Å². The summed E-state index contributed by atoms with van der Waals surface area (Å²) in [5, 5.41) is 0. The van der Waals surface area contributed by atoms with Crippen molar-refractivity contribution in [2.45, 2.75) is 0 Å². The Bertz CT molecular complexity index is 14.0. The first-order valence-corrected chi connectivity index (χ1v) is 0. The van der Waals surface area contributed by atoms with Crippen LogP contribution >= 0.6 is 0 Å². The smallest absolute Gasteiger partial charge is 1.00 e. The first-order valence-electron chi connectivity index (χ1n) is 0. The Labute approximate surface area is 106 Å². The van der Waals surface area contributed by atoms with E-state index in [1.165, 1.54) is 0 Å². The van der Waals surface area contributed by atoms with E-state index in [1.807, 2.05) is 0 Å². The molecule has 0 fully saturated rings. The molecule has 1 nitrogen and oxygen atoms in total. The van der Waals surface area contributed by atoms with Crippen LogP contribution in [0.4, 0.5) is 0 Å². The van der Waals surface area contributed by atoms with Crippen molar-refractivity contribution in [3.63, 3.8) is 0 Å². The predicted octanol–water partition coefficient (Wildman–Crippen LogP) is -6.75. The van der Waals surface area contributed by atoms with Crippen LogP contribution in [-0.2, 0) is 0 Å². The van der Waals surface area contributed by atoms with Gasteiger partial charge in [0.2, 0.25) is 0 Å². The average molecular weight is 108 g/mol. The first-order chi connectivity index (χ1) is 0. The molecule has 2 N–H and O–H groups in total. The minimum absolute atomic E-state index is 0. The minimum Gasteiger partial charge on any atom is -1.00 e. The van der Waals surface area contributed by atoms with Gasteiger partial charge in [-0.05, 0) is 0 Å². The van der Waals surface area contributed by atoms with E-state index in [0.717, 1.165) is 0 Å². The van der Waals surface area contributed by atoms with Crippen molar-refractivity contribution in [2.24, 2.45) is 0 Å². The van der Waals surface area contributed by atoms with E-state index in [2.05, 4.69) is 0 Å². The molecule has 0 saturated carbocycles. The molecule has 0 aliphatic carbocycles. The Morgan fingerprint density at radius 3 is 1.00 bits per heavy atom. The van der Waals surface area contributed by atoms with Crippen LogP contribution in [0.15, 0.2) is 0 Å². The van der Waals surface area contributed by atoms with Crippen molar-refractivity contribution in [3.8, 4) is 0 Å². The van der Waals surface area contributed by atoms with Crippen molar-refractivity contribution < 1.29 is 70.3 Å². The molecule has 0 atom stereocenters. The number of rotatable bonds is 0. The van der Waals surface area contributed by atoms with Crippen molar-refractivity contribution in [2.75, 3.05) is 0 Å². The Morgan fingerprint density at radius 1 is 1.00 bits per heavy atom. The first kappa shape index (κ1) is 26.9. The molecule has 0 aromatic heterocycles.